The highest BCUT2D eigenvalue weighted by Crippen LogP contribution is 2.06. The summed E-state index contributed by atoms with van der Waals surface area (Å²) < 4.78 is 6.22. The van der Waals surface area contributed by atoms with Crippen molar-refractivity contribution >= 4 is 36.2 Å². The molecule has 0 saturated heterocycles. The number of esters is 1. The summed E-state index contributed by atoms with van der Waals surface area (Å²) in [6.07, 6.45) is 5.37. The molecule has 0 spiro atoms. The van der Waals surface area contributed by atoms with E-state index in [1.165, 1.54) is 7.11 Å². The van der Waals surface area contributed by atoms with Gasteiger partial charge in [-0.1, -0.05) is 43.0 Å². The molecule has 0 aliphatic heterocycles. The quantitative estimate of drug-likeness (QED) is 0.799. The molecule has 1 amide bonds. The topological polar surface area (TPSA) is 77.4 Å². The third-order valence-corrected chi connectivity index (χ3v) is 4.55. The van der Waals surface area contributed by atoms with E-state index in [4.69, 9.17) is 0 Å². The molecule has 0 fully saturated rings. The van der Waals surface area contributed by atoms with Gasteiger partial charge in [-0.3, -0.25) is 9.59 Å². The molecule has 2 aromatic rings. The summed E-state index contributed by atoms with van der Waals surface area (Å²) in [4.78, 5) is 35.8. The lowest BCUT2D eigenvalue weighted by Crippen LogP contribution is -2.39. The van der Waals surface area contributed by atoms with Gasteiger partial charge in [-0.25, -0.2) is 4.79 Å². The van der Waals surface area contributed by atoms with Crippen molar-refractivity contribution in [2.24, 2.45) is 0 Å². The van der Waals surface area contributed by atoms with Crippen molar-refractivity contribution in [2.75, 3.05) is 7.11 Å². The number of rotatable bonds is 5. The van der Waals surface area contributed by atoms with Crippen molar-refractivity contribution in [3.8, 4) is 0 Å². The molecule has 0 unspecified atom stereocenters. The van der Waals surface area contributed by atoms with Crippen molar-refractivity contribution in [1.82, 2.24) is 9.27 Å². The summed E-state index contributed by atoms with van der Waals surface area (Å²) in [6.45, 7) is 5.92. The molecule has 1 aromatic carbocycles. The molecule has 0 bridgehead atoms. The predicted octanol–water partition coefficient (Wildman–Crippen LogP) is 1.15. The van der Waals surface area contributed by atoms with Gasteiger partial charge in [0.1, 0.15) is 0 Å². The first-order valence-corrected chi connectivity index (χ1v) is 8.70. The highest BCUT2D eigenvalue weighted by Gasteiger charge is 2.11. The van der Waals surface area contributed by atoms with Gasteiger partial charge in [0.05, 0.1) is 23.3 Å². The Hall–Kier alpha value is -2.93. The van der Waals surface area contributed by atoms with E-state index in [9.17, 15) is 14.4 Å². The van der Waals surface area contributed by atoms with Gasteiger partial charge in [0.25, 0.3) is 5.56 Å². The highest BCUT2D eigenvalue weighted by atomic mass is 32.1. The van der Waals surface area contributed by atoms with Crippen LogP contribution in [0.3, 0.4) is 0 Å². The number of hydrogen-bond donors (Lipinski definition) is 1. The average Bonchev–Trinajstić information content (AvgIpc) is 2.93. The molecule has 0 saturated carbocycles. The molecule has 0 aliphatic carbocycles. The number of aromatic nitrogens is 1. The first-order valence-electron chi connectivity index (χ1n) is 7.93. The first kappa shape index (κ1) is 19.4. The Bertz CT molecular complexity index is 984. The summed E-state index contributed by atoms with van der Waals surface area (Å²) >= 11 is 1.01. The Balaban J connectivity index is 2.06. The monoisotopic (exact) mass is 372 g/mol. The van der Waals surface area contributed by atoms with Gasteiger partial charge in [0.15, 0.2) is 0 Å². The molecule has 1 aromatic heterocycles. The van der Waals surface area contributed by atoms with E-state index in [0.717, 1.165) is 26.6 Å². The fourth-order valence-electron chi connectivity index (χ4n) is 2.18. The first-order chi connectivity index (χ1) is 12.5. The minimum atomic E-state index is -0.497. The van der Waals surface area contributed by atoms with Crippen LogP contribution in [0, 0.1) is 0 Å². The van der Waals surface area contributed by atoms with E-state index in [-0.39, 0.29) is 24.5 Å². The maximum absolute atomic E-state index is 12.3. The van der Waals surface area contributed by atoms with Crippen LogP contribution in [-0.4, -0.2) is 23.1 Å². The van der Waals surface area contributed by atoms with Crippen LogP contribution in [0.4, 0.5) is 4.79 Å². The summed E-state index contributed by atoms with van der Waals surface area (Å²) in [5.41, 5.74) is 1.29. The Morgan fingerprint density at radius 1 is 1.27 bits per heavy atom. The normalized spacial score (nSPS) is 11.7. The number of nitrogens with zero attached hydrogens (tertiary/aromatic N) is 1. The number of nitrogens with one attached hydrogen (secondary N) is 1. The molecular formula is C19H20N2O4S. The van der Waals surface area contributed by atoms with E-state index in [1.54, 1.807) is 30.4 Å². The Kier molecular flexibility index (Phi) is 6.68. The molecule has 136 valence electrons. The average molecular weight is 372 g/mol. The predicted molar refractivity (Wildman–Crippen MR) is 102 cm³/mol. The Labute approximate surface area is 154 Å². The third-order valence-electron chi connectivity index (χ3n) is 3.60. The molecule has 7 heteroatoms. The van der Waals surface area contributed by atoms with Gasteiger partial charge in [0.2, 0.25) is 0 Å². The van der Waals surface area contributed by atoms with Crippen molar-refractivity contribution in [3.05, 3.63) is 67.6 Å². The fourth-order valence-corrected chi connectivity index (χ4v) is 2.99. The molecule has 1 N–H and O–H groups in total. The molecule has 0 radical (unpaired) electrons. The van der Waals surface area contributed by atoms with E-state index < -0.39 is 6.03 Å². The van der Waals surface area contributed by atoms with Crippen LogP contribution in [0.1, 0.15) is 18.1 Å². The van der Waals surface area contributed by atoms with Crippen molar-refractivity contribution in [1.29, 1.82) is 0 Å². The Morgan fingerprint density at radius 2 is 1.92 bits per heavy atom. The zero-order valence-electron chi connectivity index (χ0n) is 14.7. The molecule has 6 nitrogen and oxygen atoms in total. The summed E-state index contributed by atoms with van der Waals surface area (Å²) in [5.74, 6) is -0.308. The number of carbonyl (C=O) groups is 2. The minimum Gasteiger partial charge on any atom is -0.469 e. The second kappa shape index (κ2) is 8.96. The van der Waals surface area contributed by atoms with Crippen LogP contribution in [0.2, 0.25) is 0 Å². The summed E-state index contributed by atoms with van der Waals surface area (Å²) in [5, 5.41) is 3.12. The lowest BCUT2D eigenvalue weighted by atomic mass is 10.1. The van der Waals surface area contributed by atoms with E-state index in [2.05, 4.69) is 16.6 Å². The van der Waals surface area contributed by atoms with Gasteiger partial charge in [0, 0.05) is 6.54 Å². The second-order valence-corrected chi connectivity index (χ2v) is 6.49. The smallest absolute Gasteiger partial charge is 0.338 e. The van der Waals surface area contributed by atoms with Crippen LogP contribution in [0.5, 0.6) is 0 Å². The number of amides is 1. The standard InChI is InChI=1S/C19H20N2O4S/c1-4-5-6-16-13(2)26-21(18(16)23)19(24)20-12-15-9-7-14(8-10-15)11-17(22)25-3/h4-10H,2,11-12H2,1,3H3,(H,20,24)/b5-4-,16-6+. The number of hydrogen-bond acceptors (Lipinski definition) is 5. The zero-order valence-corrected chi connectivity index (χ0v) is 15.5. The molecule has 1 heterocycles. The minimum absolute atomic E-state index is 0.200. The molecule has 26 heavy (non-hydrogen) atoms. The lowest BCUT2D eigenvalue weighted by molar-refractivity contribution is -0.139. The lowest BCUT2D eigenvalue weighted by Gasteiger charge is -2.06. The number of ether oxygens (including phenoxy) is 1. The summed E-state index contributed by atoms with van der Waals surface area (Å²) in [6, 6.07) is 6.73. The number of methoxy groups -OCH3 is 1. The van der Waals surface area contributed by atoms with Gasteiger partial charge < -0.3 is 10.1 Å². The SMILES string of the molecule is C=c1sn(C(=O)NCc2ccc(CC(=O)OC)cc2)c(=O)/c1=C/C=C\C. The Morgan fingerprint density at radius 3 is 2.54 bits per heavy atom. The zero-order chi connectivity index (χ0) is 19.1. The van der Waals surface area contributed by atoms with E-state index in [1.807, 2.05) is 19.1 Å². The van der Waals surface area contributed by atoms with E-state index >= 15 is 0 Å². The van der Waals surface area contributed by atoms with Crippen molar-refractivity contribution in [2.45, 2.75) is 19.9 Å². The van der Waals surface area contributed by atoms with E-state index in [0.29, 0.717) is 9.75 Å². The number of allylic oxidation sites excluding steroid dienone is 2. The number of carbonyl (C=O) groups excluding carboxylic acids is 2. The fraction of sp³-hybridized carbons (Fsp3) is 0.211. The van der Waals surface area contributed by atoms with Crippen LogP contribution >= 0.6 is 11.5 Å². The van der Waals surface area contributed by atoms with Crippen molar-refractivity contribution < 1.29 is 14.3 Å². The van der Waals surface area contributed by atoms with Gasteiger partial charge in [-0.2, -0.15) is 3.96 Å². The van der Waals surface area contributed by atoms with Crippen LogP contribution in [0.15, 0.2) is 41.2 Å². The maximum Gasteiger partial charge on any atom is 0.338 e. The van der Waals surface area contributed by atoms with Gasteiger partial charge in [-0.15, -0.1) is 0 Å². The van der Waals surface area contributed by atoms with Gasteiger partial charge in [-0.05, 0) is 35.7 Å². The maximum atomic E-state index is 12.3. The van der Waals surface area contributed by atoms with Crippen LogP contribution in [0.25, 0.3) is 12.7 Å². The highest BCUT2D eigenvalue weighted by molar-refractivity contribution is 7.05. The van der Waals surface area contributed by atoms with Crippen LogP contribution < -0.4 is 20.6 Å². The summed E-state index contributed by atoms with van der Waals surface area (Å²) in [7, 11) is 1.34. The molecule has 0 atom stereocenters. The van der Waals surface area contributed by atoms with Crippen LogP contribution in [-0.2, 0) is 22.5 Å². The number of benzene rings is 1. The molecular weight excluding hydrogens is 352 g/mol. The largest absolute Gasteiger partial charge is 0.469 e. The molecule has 2 rings (SSSR count). The van der Waals surface area contributed by atoms with Crippen molar-refractivity contribution in [3.63, 3.8) is 0 Å². The van der Waals surface area contributed by atoms with Gasteiger partial charge >= 0.3 is 12.0 Å². The third kappa shape index (κ3) is 4.80. The molecule has 0 aliphatic rings. The second-order valence-electron chi connectivity index (χ2n) is 5.45.